The molecule has 0 saturated carbocycles. The van der Waals surface area contributed by atoms with Crippen molar-refractivity contribution in [3.05, 3.63) is 57.7 Å². The SMILES string of the molecule is COc1ccc(/C(C)=N/S(=O)(=O)c2ccc(I)cc2)cc1. The molecule has 0 N–H and O–H groups in total. The van der Waals surface area contributed by atoms with Crippen LogP contribution in [0.3, 0.4) is 0 Å². The van der Waals surface area contributed by atoms with Crippen molar-refractivity contribution in [1.29, 1.82) is 0 Å². The molecule has 110 valence electrons. The lowest BCUT2D eigenvalue weighted by Crippen LogP contribution is -2.03. The number of ether oxygens (including phenoxy) is 1. The summed E-state index contributed by atoms with van der Waals surface area (Å²) in [4.78, 5) is 0.191. The molecule has 0 spiro atoms. The van der Waals surface area contributed by atoms with Crippen molar-refractivity contribution >= 4 is 38.3 Å². The van der Waals surface area contributed by atoms with Crippen molar-refractivity contribution < 1.29 is 13.2 Å². The summed E-state index contributed by atoms with van der Waals surface area (Å²) in [7, 11) is -2.11. The first kappa shape index (κ1) is 16.0. The van der Waals surface area contributed by atoms with E-state index in [0.29, 0.717) is 11.5 Å². The maximum atomic E-state index is 12.2. The fourth-order valence-corrected chi connectivity index (χ4v) is 3.14. The molecule has 4 nitrogen and oxygen atoms in total. The quantitative estimate of drug-likeness (QED) is 0.568. The van der Waals surface area contributed by atoms with Crippen LogP contribution in [-0.2, 0) is 10.0 Å². The summed E-state index contributed by atoms with van der Waals surface area (Å²) in [6.07, 6.45) is 0. The highest BCUT2D eigenvalue weighted by atomic mass is 127. The van der Waals surface area contributed by atoms with Crippen molar-refractivity contribution in [3.8, 4) is 5.75 Å². The van der Waals surface area contributed by atoms with E-state index in [1.807, 2.05) is 0 Å². The molecule has 0 fully saturated rings. The van der Waals surface area contributed by atoms with Crippen molar-refractivity contribution in [2.75, 3.05) is 7.11 Å². The van der Waals surface area contributed by atoms with Crippen LogP contribution in [0.4, 0.5) is 0 Å². The van der Waals surface area contributed by atoms with Crippen LogP contribution >= 0.6 is 22.6 Å². The molecule has 6 heteroatoms. The molecule has 0 saturated heterocycles. The Kier molecular flexibility index (Phi) is 5.00. The average Bonchev–Trinajstić information content (AvgIpc) is 2.47. The summed E-state index contributed by atoms with van der Waals surface area (Å²) in [6.45, 7) is 1.67. The molecule has 0 amide bonds. The number of benzene rings is 2. The molecule has 2 aromatic carbocycles. The minimum atomic E-state index is -3.69. The van der Waals surface area contributed by atoms with Gasteiger partial charge < -0.3 is 4.74 Å². The fraction of sp³-hybridized carbons (Fsp3) is 0.133. The molecule has 0 aromatic heterocycles. The third kappa shape index (κ3) is 4.04. The van der Waals surface area contributed by atoms with E-state index in [9.17, 15) is 8.42 Å². The molecule has 0 aliphatic heterocycles. The Bertz CT molecular complexity index is 751. The smallest absolute Gasteiger partial charge is 0.282 e. The van der Waals surface area contributed by atoms with E-state index in [0.717, 1.165) is 9.13 Å². The molecule has 0 radical (unpaired) electrons. The standard InChI is InChI=1S/C15H14INO3S/c1-11(12-3-7-14(20-2)8-4-12)17-21(18,19)15-9-5-13(16)6-10-15/h3-10H,1-2H3/b17-11+. The van der Waals surface area contributed by atoms with Gasteiger partial charge in [0.25, 0.3) is 10.0 Å². The second kappa shape index (κ2) is 6.57. The Hall–Kier alpha value is -1.41. The Labute approximate surface area is 138 Å². The van der Waals surface area contributed by atoms with Gasteiger partial charge in [0.15, 0.2) is 0 Å². The maximum Gasteiger partial charge on any atom is 0.282 e. The van der Waals surface area contributed by atoms with Crippen LogP contribution in [0.5, 0.6) is 5.75 Å². The van der Waals surface area contributed by atoms with E-state index in [4.69, 9.17) is 4.74 Å². The summed E-state index contributed by atoms with van der Waals surface area (Å²) < 4.78 is 34.4. The summed E-state index contributed by atoms with van der Waals surface area (Å²) in [5.74, 6) is 0.715. The van der Waals surface area contributed by atoms with Crippen molar-refractivity contribution in [1.82, 2.24) is 0 Å². The van der Waals surface area contributed by atoms with Crippen LogP contribution < -0.4 is 4.74 Å². The predicted octanol–water partition coefficient (Wildman–Crippen LogP) is 3.50. The van der Waals surface area contributed by atoms with Crippen LogP contribution in [-0.4, -0.2) is 21.2 Å². The molecule has 0 unspecified atom stereocenters. The fourth-order valence-electron chi connectivity index (χ4n) is 1.72. The highest BCUT2D eigenvalue weighted by Crippen LogP contribution is 2.17. The van der Waals surface area contributed by atoms with E-state index in [1.165, 1.54) is 0 Å². The van der Waals surface area contributed by atoms with Gasteiger partial charge in [-0.1, -0.05) is 0 Å². The minimum Gasteiger partial charge on any atom is -0.497 e. The number of nitrogens with zero attached hydrogens (tertiary/aromatic N) is 1. The Balaban J connectivity index is 2.33. The Morgan fingerprint density at radius 3 is 2.14 bits per heavy atom. The number of rotatable bonds is 4. The van der Waals surface area contributed by atoms with Gasteiger partial charge >= 0.3 is 0 Å². The number of halogens is 1. The summed E-state index contributed by atoms with van der Waals surface area (Å²) in [5, 5.41) is 0. The zero-order valence-electron chi connectivity index (χ0n) is 11.6. The van der Waals surface area contributed by atoms with Gasteiger partial charge in [0.1, 0.15) is 5.75 Å². The van der Waals surface area contributed by atoms with Crippen molar-refractivity contribution in [2.24, 2.45) is 4.40 Å². The van der Waals surface area contributed by atoms with Gasteiger partial charge in [0, 0.05) is 3.57 Å². The van der Waals surface area contributed by atoms with Crippen molar-refractivity contribution in [3.63, 3.8) is 0 Å². The molecular weight excluding hydrogens is 401 g/mol. The highest BCUT2D eigenvalue weighted by molar-refractivity contribution is 14.1. The molecule has 2 aromatic rings. The van der Waals surface area contributed by atoms with Gasteiger partial charge in [-0.05, 0) is 83.6 Å². The molecular formula is C15H14INO3S. The average molecular weight is 415 g/mol. The van der Waals surface area contributed by atoms with E-state index >= 15 is 0 Å². The number of hydrogen-bond donors (Lipinski definition) is 0. The third-order valence-electron chi connectivity index (χ3n) is 2.88. The van der Waals surface area contributed by atoms with Gasteiger partial charge in [-0.25, -0.2) is 0 Å². The largest absolute Gasteiger partial charge is 0.497 e. The second-order valence-corrected chi connectivity index (χ2v) is 7.18. The van der Waals surface area contributed by atoms with Gasteiger partial charge in [-0.15, -0.1) is 0 Å². The molecule has 2 rings (SSSR count). The van der Waals surface area contributed by atoms with Crippen LogP contribution in [0.15, 0.2) is 57.8 Å². The lowest BCUT2D eigenvalue weighted by molar-refractivity contribution is 0.415. The number of hydrogen-bond acceptors (Lipinski definition) is 3. The summed E-state index contributed by atoms with van der Waals surface area (Å²) in [5.41, 5.74) is 1.18. The van der Waals surface area contributed by atoms with Crippen LogP contribution in [0.25, 0.3) is 0 Å². The maximum absolute atomic E-state index is 12.2. The lowest BCUT2D eigenvalue weighted by Gasteiger charge is -2.04. The topological polar surface area (TPSA) is 55.7 Å². The molecule has 0 aliphatic carbocycles. The first-order chi connectivity index (χ1) is 9.92. The molecule has 0 atom stereocenters. The normalized spacial score (nSPS) is 12.2. The zero-order chi connectivity index (χ0) is 15.5. The lowest BCUT2D eigenvalue weighted by atomic mass is 10.1. The summed E-state index contributed by atoms with van der Waals surface area (Å²) in [6, 6.07) is 13.7. The minimum absolute atomic E-state index is 0.191. The van der Waals surface area contributed by atoms with Gasteiger partial charge in [0.05, 0.1) is 17.7 Å². The van der Waals surface area contributed by atoms with Crippen LogP contribution in [0.2, 0.25) is 0 Å². The van der Waals surface area contributed by atoms with Gasteiger partial charge in [-0.2, -0.15) is 12.8 Å². The molecule has 0 bridgehead atoms. The van der Waals surface area contributed by atoms with E-state index in [-0.39, 0.29) is 4.90 Å². The third-order valence-corrected chi connectivity index (χ3v) is 4.98. The van der Waals surface area contributed by atoms with Gasteiger partial charge in [0.2, 0.25) is 0 Å². The zero-order valence-corrected chi connectivity index (χ0v) is 14.6. The molecule has 0 aliphatic rings. The van der Waals surface area contributed by atoms with Crippen LogP contribution in [0.1, 0.15) is 12.5 Å². The van der Waals surface area contributed by atoms with E-state index < -0.39 is 10.0 Å². The first-order valence-corrected chi connectivity index (χ1v) is 8.66. The van der Waals surface area contributed by atoms with Crippen LogP contribution in [0, 0.1) is 3.57 Å². The van der Waals surface area contributed by atoms with E-state index in [2.05, 4.69) is 27.0 Å². The summed E-state index contributed by atoms with van der Waals surface area (Å²) >= 11 is 2.12. The van der Waals surface area contributed by atoms with Gasteiger partial charge in [-0.3, -0.25) is 0 Å². The Morgan fingerprint density at radius 1 is 1.05 bits per heavy atom. The Morgan fingerprint density at radius 2 is 1.62 bits per heavy atom. The van der Waals surface area contributed by atoms with Crippen molar-refractivity contribution in [2.45, 2.75) is 11.8 Å². The first-order valence-electron chi connectivity index (χ1n) is 6.14. The number of methoxy groups -OCH3 is 1. The number of sulfonamides is 1. The van der Waals surface area contributed by atoms with E-state index in [1.54, 1.807) is 62.6 Å². The predicted molar refractivity (Wildman–Crippen MR) is 91.5 cm³/mol. The highest BCUT2D eigenvalue weighted by Gasteiger charge is 2.13. The molecule has 21 heavy (non-hydrogen) atoms. The monoisotopic (exact) mass is 415 g/mol. The second-order valence-electron chi connectivity index (χ2n) is 4.33. The molecule has 0 heterocycles.